The van der Waals surface area contributed by atoms with Crippen molar-refractivity contribution in [3.8, 4) is 0 Å². The van der Waals surface area contributed by atoms with E-state index in [-0.39, 0.29) is 5.91 Å². The van der Waals surface area contributed by atoms with Gasteiger partial charge >= 0.3 is 0 Å². The van der Waals surface area contributed by atoms with Gasteiger partial charge in [-0.1, -0.05) is 35.9 Å². The molecule has 138 valence electrons. The summed E-state index contributed by atoms with van der Waals surface area (Å²) in [6, 6.07) is 15.0. The van der Waals surface area contributed by atoms with E-state index in [4.69, 9.17) is 4.98 Å². The monoisotopic (exact) mass is 351 g/mol. The molecule has 1 aliphatic heterocycles. The summed E-state index contributed by atoms with van der Waals surface area (Å²) in [6.07, 6.45) is 3.13. The van der Waals surface area contributed by atoms with Crippen LogP contribution < -0.4 is 0 Å². The maximum Gasteiger partial charge on any atom is 0.236 e. The summed E-state index contributed by atoms with van der Waals surface area (Å²) in [4.78, 5) is 20.9. The van der Waals surface area contributed by atoms with Crippen LogP contribution in [0.5, 0.6) is 0 Å². The third-order valence-electron chi connectivity index (χ3n) is 5.08. The molecule has 0 N–H and O–H groups in total. The normalized spacial score (nSPS) is 17.9. The topological polar surface area (TPSA) is 36.4 Å². The van der Waals surface area contributed by atoms with Gasteiger partial charge in [0.25, 0.3) is 0 Å². The smallest absolute Gasteiger partial charge is 0.236 e. The van der Waals surface area contributed by atoms with Gasteiger partial charge in [-0.15, -0.1) is 0 Å². The number of carbonyl (C=O) groups excluding carboxylic acids is 1. The zero-order valence-corrected chi connectivity index (χ0v) is 16.1. The molecule has 4 nitrogen and oxygen atoms in total. The van der Waals surface area contributed by atoms with Crippen LogP contribution in [-0.4, -0.2) is 54.4 Å². The zero-order chi connectivity index (χ0) is 18.5. The van der Waals surface area contributed by atoms with Crippen molar-refractivity contribution < 1.29 is 4.79 Å². The first kappa shape index (κ1) is 18.6. The van der Waals surface area contributed by atoms with Crippen LogP contribution >= 0.6 is 0 Å². The highest BCUT2D eigenvalue weighted by Crippen LogP contribution is 2.26. The fraction of sp³-hybridized carbons (Fsp3) is 0.455. The van der Waals surface area contributed by atoms with Gasteiger partial charge in [0.05, 0.1) is 6.54 Å². The van der Waals surface area contributed by atoms with Crippen molar-refractivity contribution in [1.82, 2.24) is 14.8 Å². The molecule has 2 aromatic rings. The number of hydrogen-bond acceptors (Lipinski definition) is 3. The summed E-state index contributed by atoms with van der Waals surface area (Å²) in [7, 11) is 3.64. The average Bonchev–Trinajstić information content (AvgIpc) is 2.62. The lowest BCUT2D eigenvalue weighted by atomic mass is 9.94. The van der Waals surface area contributed by atoms with Gasteiger partial charge in [0.15, 0.2) is 0 Å². The second-order valence-electron chi connectivity index (χ2n) is 7.58. The maximum atomic E-state index is 12.0. The molecule has 1 aromatic heterocycles. The lowest BCUT2D eigenvalue weighted by molar-refractivity contribution is -0.130. The second kappa shape index (κ2) is 8.45. The number of benzene rings is 1. The largest absolute Gasteiger partial charge is 0.348 e. The van der Waals surface area contributed by atoms with Gasteiger partial charge in [-0.2, -0.15) is 0 Å². The first-order chi connectivity index (χ1) is 12.5. The van der Waals surface area contributed by atoms with Crippen molar-refractivity contribution in [3.05, 3.63) is 65.0 Å². The Morgan fingerprint density at radius 2 is 2.04 bits per heavy atom. The van der Waals surface area contributed by atoms with E-state index in [1.54, 1.807) is 4.90 Å². The Bertz CT molecular complexity index is 757. The Morgan fingerprint density at radius 3 is 2.81 bits per heavy atom. The number of likely N-dealkylation sites (N-methyl/N-ethyl adjacent to an activating group) is 1. The predicted molar refractivity (Wildman–Crippen MR) is 105 cm³/mol. The molecule has 0 bridgehead atoms. The van der Waals surface area contributed by atoms with Gasteiger partial charge < -0.3 is 4.90 Å². The molecule has 1 amide bonds. The Kier molecular flexibility index (Phi) is 6.04. The number of piperidine rings is 1. The molecule has 4 heteroatoms. The molecule has 1 saturated heterocycles. The molecule has 1 fully saturated rings. The van der Waals surface area contributed by atoms with Gasteiger partial charge in [-0.25, -0.2) is 0 Å². The highest BCUT2D eigenvalue weighted by molar-refractivity contribution is 5.77. The number of aromatic nitrogens is 1. The first-order valence-electron chi connectivity index (χ1n) is 9.45. The van der Waals surface area contributed by atoms with Crippen molar-refractivity contribution in [2.45, 2.75) is 32.1 Å². The van der Waals surface area contributed by atoms with Crippen molar-refractivity contribution in [2.75, 3.05) is 33.7 Å². The number of nitrogens with zero attached hydrogens (tertiary/aromatic N) is 3. The third-order valence-corrected chi connectivity index (χ3v) is 5.08. The Labute approximate surface area is 156 Å². The zero-order valence-electron chi connectivity index (χ0n) is 16.1. The summed E-state index contributed by atoms with van der Waals surface area (Å²) < 4.78 is 0. The molecule has 0 saturated carbocycles. The highest BCUT2D eigenvalue weighted by atomic mass is 16.2. The Morgan fingerprint density at radius 1 is 1.23 bits per heavy atom. The minimum absolute atomic E-state index is 0.173. The van der Waals surface area contributed by atoms with Gasteiger partial charge in [0, 0.05) is 44.4 Å². The fourth-order valence-electron chi connectivity index (χ4n) is 3.63. The van der Waals surface area contributed by atoms with Crippen molar-refractivity contribution >= 4 is 5.91 Å². The van der Waals surface area contributed by atoms with E-state index in [0.29, 0.717) is 12.5 Å². The molecule has 1 aromatic carbocycles. The summed E-state index contributed by atoms with van der Waals surface area (Å²) in [5.74, 6) is 0.586. The molecule has 0 radical (unpaired) electrons. The standard InChI is InChI=1S/C22H29N3O/c1-17-7-4-8-18(13-17)14-20-10-5-11-21(23-20)19-9-6-12-25(15-19)16-22(26)24(2)3/h4-5,7-8,10-11,13,19H,6,9,12,14-16H2,1-3H3/t19-/m1/s1. The van der Waals surface area contributed by atoms with Gasteiger partial charge in [0.2, 0.25) is 5.91 Å². The van der Waals surface area contributed by atoms with Crippen LogP contribution in [0.1, 0.15) is 41.3 Å². The number of hydrogen-bond donors (Lipinski definition) is 0. The minimum atomic E-state index is 0.173. The first-order valence-corrected chi connectivity index (χ1v) is 9.45. The van der Waals surface area contributed by atoms with Crippen LogP contribution in [0.3, 0.4) is 0 Å². The van der Waals surface area contributed by atoms with E-state index in [9.17, 15) is 4.79 Å². The van der Waals surface area contributed by atoms with Crippen LogP contribution in [0, 0.1) is 6.92 Å². The molecule has 1 atom stereocenters. The van der Waals surface area contributed by atoms with E-state index >= 15 is 0 Å². The van der Waals surface area contributed by atoms with Crippen LogP contribution in [-0.2, 0) is 11.2 Å². The molecule has 26 heavy (non-hydrogen) atoms. The number of carbonyl (C=O) groups is 1. The molecule has 1 aliphatic rings. The molecular formula is C22H29N3O. The average molecular weight is 351 g/mol. The third kappa shape index (κ3) is 4.92. The quantitative estimate of drug-likeness (QED) is 0.830. The van der Waals surface area contributed by atoms with E-state index in [2.05, 4.69) is 54.3 Å². The minimum Gasteiger partial charge on any atom is -0.348 e. The number of rotatable bonds is 5. The number of amides is 1. The molecule has 0 unspecified atom stereocenters. The number of likely N-dealkylation sites (tertiary alicyclic amines) is 1. The Balaban J connectivity index is 1.68. The molecule has 0 aliphatic carbocycles. The van der Waals surface area contributed by atoms with Crippen LogP contribution in [0.2, 0.25) is 0 Å². The van der Waals surface area contributed by atoms with E-state index in [1.165, 1.54) is 11.1 Å². The van der Waals surface area contributed by atoms with Gasteiger partial charge in [-0.3, -0.25) is 14.7 Å². The lowest BCUT2D eigenvalue weighted by Gasteiger charge is -2.32. The second-order valence-corrected chi connectivity index (χ2v) is 7.58. The predicted octanol–water partition coefficient (Wildman–Crippen LogP) is 3.25. The summed E-state index contributed by atoms with van der Waals surface area (Å²) in [6.45, 7) is 4.55. The number of aryl methyl sites for hydroxylation is 1. The van der Waals surface area contributed by atoms with E-state index in [0.717, 1.165) is 43.7 Å². The highest BCUT2D eigenvalue weighted by Gasteiger charge is 2.24. The lowest BCUT2D eigenvalue weighted by Crippen LogP contribution is -2.41. The van der Waals surface area contributed by atoms with Crippen molar-refractivity contribution in [3.63, 3.8) is 0 Å². The summed E-state index contributed by atoms with van der Waals surface area (Å²) >= 11 is 0. The Hall–Kier alpha value is -2.20. The van der Waals surface area contributed by atoms with Gasteiger partial charge in [-0.05, 0) is 44.0 Å². The fourth-order valence-corrected chi connectivity index (χ4v) is 3.63. The van der Waals surface area contributed by atoms with Crippen molar-refractivity contribution in [1.29, 1.82) is 0 Å². The number of pyridine rings is 1. The molecular weight excluding hydrogens is 322 g/mol. The van der Waals surface area contributed by atoms with Crippen LogP contribution in [0.15, 0.2) is 42.5 Å². The van der Waals surface area contributed by atoms with Gasteiger partial charge in [0.1, 0.15) is 0 Å². The van der Waals surface area contributed by atoms with Crippen molar-refractivity contribution in [2.24, 2.45) is 0 Å². The van der Waals surface area contributed by atoms with Crippen LogP contribution in [0.4, 0.5) is 0 Å². The maximum absolute atomic E-state index is 12.0. The van der Waals surface area contributed by atoms with E-state index < -0.39 is 0 Å². The van der Waals surface area contributed by atoms with E-state index in [1.807, 2.05) is 14.1 Å². The SMILES string of the molecule is Cc1cccc(Cc2cccc([C@@H]3CCCN(CC(=O)N(C)C)C3)n2)c1. The summed E-state index contributed by atoms with van der Waals surface area (Å²) in [5, 5.41) is 0. The van der Waals surface area contributed by atoms with Crippen LogP contribution in [0.25, 0.3) is 0 Å². The molecule has 0 spiro atoms. The molecule has 3 rings (SSSR count). The summed E-state index contributed by atoms with van der Waals surface area (Å²) in [5.41, 5.74) is 4.87. The molecule has 2 heterocycles.